The summed E-state index contributed by atoms with van der Waals surface area (Å²) in [6.07, 6.45) is -0.00431. The van der Waals surface area contributed by atoms with Gasteiger partial charge in [0.25, 0.3) is 5.69 Å². The summed E-state index contributed by atoms with van der Waals surface area (Å²) >= 11 is 0. The SMILES string of the molecule is O=C(O)N1CCC[C@H]1Nc1ccccc1[N+](=O)[O-]. The maximum absolute atomic E-state index is 11.0. The highest BCUT2D eigenvalue weighted by Gasteiger charge is 2.29. The number of hydrogen-bond donors (Lipinski definition) is 2. The molecular weight excluding hydrogens is 238 g/mol. The number of nitrogens with one attached hydrogen (secondary N) is 1. The fourth-order valence-electron chi connectivity index (χ4n) is 2.08. The Morgan fingerprint density at radius 3 is 2.89 bits per heavy atom. The van der Waals surface area contributed by atoms with Crippen molar-refractivity contribution in [2.24, 2.45) is 0 Å². The lowest BCUT2D eigenvalue weighted by Crippen LogP contribution is -2.39. The molecule has 1 aliphatic rings. The van der Waals surface area contributed by atoms with Gasteiger partial charge in [0.2, 0.25) is 0 Å². The average Bonchev–Trinajstić information content (AvgIpc) is 2.77. The Hall–Kier alpha value is -2.31. The Kier molecular flexibility index (Phi) is 3.31. The molecule has 1 fully saturated rings. The number of nitrogens with zero attached hydrogens (tertiary/aromatic N) is 2. The molecule has 1 aromatic carbocycles. The van der Waals surface area contributed by atoms with Gasteiger partial charge in [0.05, 0.1) is 4.92 Å². The van der Waals surface area contributed by atoms with E-state index in [9.17, 15) is 14.9 Å². The number of carbonyl (C=O) groups is 1. The zero-order chi connectivity index (χ0) is 13.1. The number of amides is 1. The van der Waals surface area contributed by atoms with Gasteiger partial charge in [-0.15, -0.1) is 0 Å². The van der Waals surface area contributed by atoms with Crippen LogP contribution in [-0.2, 0) is 0 Å². The zero-order valence-corrected chi connectivity index (χ0v) is 9.57. The van der Waals surface area contributed by atoms with Gasteiger partial charge in [-0.1, -0.05) is 12.1 Å². The summed E-state index contributed by atoms with van der Waals surface area (Å²) in [4.78, 5) is 22.6. The highest BCUT2D eigenvalue weighted by molar-refractivity contribution is 5.68. The first-order valence-electron chi connectivity index (χ1n) is 5.59. The van der Waals surface area contributed by atoms with Crippen molar-refractivity contribution in [3.8, 4) is 0 Å². The van der Waals surface area contributed by atoms with Gasteiger partial charge in [0, 0.05) is 12.6 Å². The molecule has 0 saturated carbocycles. The van der Waals surface area contributed by atoms with Crippen LogP contribution in [0.3, 0.4) is 0 Å². The van der Waals surface area contributed by atoms with Gasteiger partial charge in [0.15, 0.2) is 0 Å². The number of carboxylic acid groups (broad SMARTS) is 1. The molecule has 2 rings (SSSR count). The quantitative estimate of drug-likeness (QED) is 0.633. The number of para-hydroxylation sites is 2. The Morgan fingerprint density at radius 2 is 2.22 bits per heavy atom. The fraction of sp³-hybridized carbons (Fsp3) is 0.364. The average molecular weight is 251 g/mol. The van der Waals surface area contributed by atoms with Crippen molar-refractivity contribution in [3.05, 3.63) is 34.4 Å². The molecule has 7 nitrogen and oxygen atoms in total. The predicted molar refractivity (Wildman–Crippen MR) is 64.5 cm³/mol. The number of nitro groups is 1. The van der Waals surface area contributed by atoms with E-state index >= 15 is 0 Å². The van der Waals surface area contributed by atoms with Crippen molar-refractivity contribution < 1.29 is 14.8 Å². The highest BCUT2D eigenvalue weighted by Crippen LogP contribution is 2.27. The summed E-state index contributed by atoms with van der Waals surface area (Å²) in [6, 6.07) is 6.22. The maximum atomic E-state index is 11.0. The molecule has 96 valence electrons. The summed E-state index contributed by atoms with van der Waals surface area (Å²) in [5.74, 6) is 0. The monoisotopic (exact) mass is 251 g/mol. The van der Waals surface area contributed by atoms with E-state index in [1.165, 1.54) is 11.0 Å². The smallest absolute Gasteiger partial charge is 0.408 e. The van der Waals surface area contributed by atoms with Gasteiger partial charge in [0.1, 0.15) is 11.9 Å². The first kappa shape index (κ1) is 12.2. The molecule has 18 heavy (non-hydrogen) atoms. The maximum Gasteiger partial charge on any atom is 0.408 e. The third-order valence-electron chi connectivity index (χ3n) is 2.92. The van der Waals surface area contributed by atoms with Crippen LogP contribution in [0.15, 0.2) is 24.3 Å². The zero-order valence-electron chi connectivity index (χ0n) is 9.57. The standard InChI is InChI=1S/C11H13N3O4/c15-11(16)13-7-3-6-10(13)12-8-4-1-2-5-9(8)14(17)18/h1-2,4-5,10,12H,3,6-7H2,(H,15,16)/t10-/m0/s1. The second-order valence-corrected chi connectivity index (χ2v) is 4.05. The minimum absolute atomic E-state index is 0.0465. The van der Waals surface area contributed by atoms with Crippen molar-refractivity contribution in [2.75, 3.05) is 11.9 Å². The minimum atomic E-state index is -1.01. The van der Waals surface area contributed by atoms with E-state index in [0.717, 1.165) is 6.42 Å². The number of benzene rings is 1. The molecule has 0 unspecified atom stereocenters. The number of anilines is 1. The molecule has 7 heteroatoms. The molecule has 0 aliphatic carbocycles. The summed E-state index contributed by atoms with van der Waals surface area (Å²) in [6.45, 7) is 0.452. The Labute approximate surface area is 103 Å². The van der Waals surface area contributed by atoms with E-state index in [0.29, 0.717) is 18.7 Å². The molecule has 1 aliphatic heterocycles. The molecule has 1 amide bonds. The third kappa shape index (κ3) is 2.34. The van der Waals surface area contributed by atoms with Crippen molar-refractivity contribution in [1.29, 1.82) is 0 Å². The lowest BCUT2D eigenvalue weighted by Gasteiger charge is -2.23. The molecule has 2 N–H and O–H groups in total. The normalized spacial score (nSPS) is 18.7. The van der Waals surface area contributed by atoms with Crippen LogP contribution < -0.4 is 5.32 Å². The van der Waals surface area contributed by atoms with E-state index in [4.69, 9.17) is 5.11 Å². The predicted octanol–water partition coefficient (Wildman–Crippen LogP) is 2.11. The van der Waals surface area contributed by atoms with Gasteiger partial charge >= 0.3 is 6.09 Å². The third-order valence-corrected chi connectivity index (χ3v) is 2.92. The van der Waals surface area contributed by atoms with E-state index in [2.05, 4.69) is 5.32 Å². The van der Waals surface area contributed by atoms with Crippen molar-refractivity contribution in [3.63, 3.8) is 0 Å². The lowest BCUT2D eigenvalue weighted by atomic mass is 10.2. The molecule has 1 aromatic rings. The van der Waals surface area contributed by atoms with Crippen LogP contribution in [0.4, 0.5) is 16.2 Å². The van der Waals surface area contributed by atoms with E-state index < -0.39 is 17.2 Å². The van der Waals surface area contributed by atoms with Crippen LogP contribution >= 0.6 is 0 Å². The molecular formula is C11H13N3O4. The van der Waals surface area contributed by atoms with Crippen molar-refractivity contribution in [1.82, 2.24) is 4.90 Å². The summed E-state index contributed by atoms with van der Waals surface area (Å²) in [7, 11) is 0. The van der Waals surface area contributed by atoms with Crippen LogP contribution in [0.25, 0.3) is 0 Å². The summed E-state index contributed by atoms with van der Waals surface area (Å²) in [5.41, 5.74) is 0.301. The Balaban J connectivity index is 2.19. The highest BCUT2D eigenvalue weighted by atomic mass is 16.6. The molecule has 0 aromatic heterocycles. The van der Waals surface area contributed by atoms with Crippen LogP contribution in [-0.4, -0.2) is 33.7 Å². The molecule has 0 radical (unpaired) electrons. The fourth-order valence-corrected chi connectivity index (χ4v) is 2.08. The largest absolute Gasteiger partial charge is 0.465 e. The van der Waals surface area contributed by atoms with Crippen molar-refractivity contribution in [2.45, 2.75) is 19.0 Å². The van der Waals surface area contributed by atoms with E-state index in [1.54, 1.807) is 18.2 Å². The van der Waals surface area contributed by atoms with Crippen LogP contribution in [0.1, 0.15) is 12.8 Å². The first-order chi connectivity index (χ1) is 8.59. The van der Waals surface area contributed by atoms with Crippen LogP contribution in [0, 0.1) is 10.1 Å². The van der Waals surface area contributed by atoms with Gasteiger partial charge in [-0.05, 0) is 18.9 Å². The summed E-state index contributed by atoms with van der Waals surface area (Å²) < 4.78 is 0. The number of rotatable bonds is 3. The summed E-state index contributed by atoms with van der Waals surface area (Å²) in [5, 5.41) is 22.8. The van der Waals surface area contributed by atoms with Gasteiger partial charge in [-0.2, -0.15) is 0 Å². The van der Waals surface area contributed by atoms with Crippen molar-refractivity contribution >= 4 is 17.5 Å². The molecule has 1 atom stereocenters. The van der Waals surface area contributed by atoms with E-state index in [1.807, 2.05) is 0 Å². The molecule has 0 spiro atoms. The molecule has 0 bridgehead atoms. The molecule has 1 saturated heterocycles. The Morgan fingerprint density at radius 1 is 1.50 bits per heavy atom. The Bertz CT molecular complexity index is 477. The van der Waals surface area contributed by atoms with Crippen LogP contribution in [0.5, 0.6) is 0 Å². The van der Waals surface area contributed by atoms with Crippen LogP contribution in [0.2, 0.25) is 0 Å². The molecule has 1 heterocycles. The topological polar surface area (TPSA) is 95.7 Å². The minimum Gasteiger partial charge on any atom is -0.465 e. The van der Waals surface area contributed by atoms with Gasteiger partial charge in [-0.3, -0.25) is 15.0 Å². The van der Waals surface area contributed by atoms with Gasteiger partial charge < -0.3 is 10.4 Å². The second kappa shape index (κ2) is 4.91. The lowest BCUT2D eigenvalue weighted by molar-refractivity contribution is -0.384. The number of nitro benzene ring substituents is 1. The number of likely N-dealkylation sites (tertiary alicyclic amines) is 1. The second-order valence-electron chi connectivity index (χ2n) is 4.05. The van der Waals surface area contributed by atoms with Gasteiger partial charge in [-0.25, -0.2) is 4.79 Å². The number of hydrogen-bond acceptors (Lipinski definition) is 4. The first-order valence-corrected chi connectivity index (χ1v) is 5.59. The van der Waals surface area contributed by atoms with E-state index in [-0.39, 0.29) is 5.69 Å².